The van der Waals surface area contributed by atoms with Crippen molar-refractivity contribution in [3.8, 4) is 0 Å². The van der Waals surface area contributed by atoms with Gasteiger partial charge >= 0.3 is 5.97 Å². The van der Waals surface area contributed by atoms with E-state index in [9.17, 15) is 4.79 Å². The van der Waals surface area contributed by atoms with Crippen LogP contribution in [0.1, 0.15) is 43.7 Å². The number of hydrogen-bond donors (Lipinski definition) is 1. The Kier molecular flexibility index (Phi) is 6.67. The van der Waals surface area contributed by atoms with Crippen LogP contribution >= 0.6 is 0 Å². The minimum atomic E-state index is -0.374. The lowest BCUT2D eigenvalue weighted by molar-refractivity contribution is -0.143. The van der Waals surface area contributed by atoms with Crippen molar-refractivity contribution in [1.82, 2.24) is 0 Å². The van der Waals surface area contributed by atoms with Crippen LogP contribution in [0.3, 0.4) is 0 Å². The van der Waals surface area contributed by atoms with E-state index in [2.05, 4.69) is 12.2 Å². The highest BCUT2D eigenvalue weighted by Crippen LogP contribution is 2.27. The maximum atomic E-state index is 12.4. The number of rotatable bonds is 8. The van der Waals surface area contributed by atoms with Gasteiger partial charge in [-0.05, 0) is 36.6 Å². The summed E-state index contributed by atoms with van der Waals surface area (Å²) in [6.45, 7) is 5.37. The molecule has 3 heteroatoms. The molecule has 23 heavy (non-hydrogen) atoms. The number of hydrogen-bond acceptors (Lipinski definition) is 3. The normalized spacial score (nSPS) is 11.7. The number of anilines is 1. The van der Waals surface area contributed by atoms with Gasteiger partial charge in [0.15, 0.2) is 0 Å². The summed E-state index contributed by atoms with van der Waals surface area (Å²) in [5.74, 6) is -0.578. The maximum absolute atomic E-state index is 12.4. The van der Waals surface area contributed by atoms with Crippen molar-refractivity contribution in [2.45, 2.75) is 32.6 Å². The molecule has 0 aromatic heterocycles. The third kappa shape index (κ3) is 4.85. The lowest BCUT2D eigenvalue weighted by Gasteiger charge is -2.17. The molecule has 1 N–H and O–H groups in total. The van der Waals surface area contributed by atoms with Gasteiger partial charge in [-0.25, -0.2) is 0 Å². The van der Waals surface area contributed by atoms with Crippen LogP contribution in [0, 0.1) is 0 Å². The average Bonchev–Trinajstić information content (AvgIpc) is 2.58. The molecule has 0 saturated carbocycles. The van der Waals surface area contributed by atoms with Gasteiger partial charge in [0.1, 0.15) is 5.92 Å². The van der Waals surface area contributed by atoms with Crippen molar-refractivity contribution in [3.63, 3.8) is 0 Å². The second-order valence-corrected chi connectivity index (χ2v) is 5.50. The Bertz CT molecular complexity index is 593. The van der Waals surface area contributed by atoms with Gasteiger partial charge in [-0.3, -0.25) is 4.79 Å². The van der Waals surface area contributed by atoms with E-state index >= 15 is 0 Å². The fraction of sp³-hybridized carbons (Fsp3) is 0.350. The average molecular weight is 311 g/mol. The fourth-order valence-corrected chi connectivity index (χ4v) is 2.54. The minimum absolute atomic E-state index is 0.203. The molecule has 0 radical (unpaired) electrons. The van der Waals surface area contributed by atoms with Crippen molar-refractivity contribution in [2.75, 3.05) is 18.5 Å². The monoisotopic (exact) mass is 311 g/mol. The number of nitrogens with one attached hydrogen (secondary N) is 1. The highest BCUT2D eigenvalue weighted by molar-refractivity contribution is 5.82. The smallest absolute Gasteiger partial charge is 0.317 e. The van der Waals surface area contributed by atoms with Crippen LogP contribution in [0.15, 0.2) is 54.6 Å². The molecule has 0 bridgehead atoms. The number of ether oxygens (including phenoxy) is 1. The predicted molar refractivity (Wildman–Crippen MR) is 94.8 cm³/mol. The highest BCUT2D eigenvalue weighted by Gasteiger charge is 2.23. The second kappa shape index (κ2) is 8.99. The predicted octanol–water partition coefficient (Wildman–Crippen LogP) is 4.59. The molecule has 3 nitrogen and oxygen atoms in total. The molecule has 0 heterocycles. The van der Waals surface area contributed by atoms with Crippen LogP contribution in [0.4, 0.5) is 5.69 Å². The van der Waals surface area contributed by atoms with Crippen molar-refractivity contribution < 1.29 is 9.53 Å². The van der Waals surface area contributed by atoms with Gasteiger partial charge in [-0.1, -0.05) is 55.8 Å². The molecule has 0 aliphatic heterocycles. The Labute approximate surface area is 138 Å². The Morgan fingerprint density at radius 1 is 1.00 bits per heavy atom. The Morgan fingerprint density at radius 3 is 2.26 bits per heavy atom. The Morgan fingerprint density at radius 2 is 1.65 bits per heavy atom. The Balaban J connectivity index is 2.20. The van der Waals surface area contributed by atoms with E-state index in [1.165, 1.54) is 6.42 Å². The topological polar surface area (TPSA) is 38.3 Å². The minimum Gasteiger partial charge on any atom is -0.465 e. The standard InChI is InChI=1S/C20H25NO2/c1-3-5-15-21-18-13-11-17(12-14-18)19(20(22)23-4-2)16-9-7-6-8-10-16/h6-14,19,21H,3-5,15H2,1-2H3. The molecule has 0 aliphatic carbocycles. The van der Waals surface area contributed by atoms with E-state index in [0.29, 0.717) is 6.61 Å². The fourth-order valence-electron chi connectivity index (χ4n) is 2.54. The molecular weight excluding hydrogens is 286 g/mol. The van der Waals surface area contributed by atoms with E-state index < -0.39 is 0 Å². The molecule has 0 saturated heterocycles. The summed E-state index contributed by atoms with van der Waals surface area (Å²) in [6, 6.07) is 17.8. The van der Waals surface area contributed by atoms with Gasteiger partial charge in [0, 0.05) is 12.2 Å². The molecule has 122 valence electrons. The lowest BCUT2D eigenvalue weighted by atomic mass is 9.91. The first-order valence-electron chi connectivity index (χ1n) is 8.31. The van der Waals surface area contributed by atoms with Gasteiger partial charge in [0.25, 0.3) is 0 Å². The summed E-state index contributed by atoms with van der Waals surface area (Å²) in [5.41, 5.74) is 2.99. The van der Waals surface area contributed by atoms with Gasteiger partial charge in [-0.2, -0.15) is 0 Å². The molecular formula is C20H25NO2. The summed E-state index contributed by atoms with van der Waals surface area (Å²) >= 11 is 0. The second-order valence-electron chi connectivity index (χ2n) is 5.50. The first-order valence-corrected chi connectivity index (χ1v) is 8.31. The zero-order valence-electron chi connectivity index (χ0n) is 13.9. The van der Waals surface area contributed by atoms with Gasteiger partial charge in [0.05, 0.1) is 6.61 Å². The van der Waals surface area contributed by atoms with Gasteiger partial charge < -0.3 is 10.1 Å². The molecule has 0 spiro atoms. The third-order valence-corrected chi connectivity index (χ3v) is 3.76. The largest absolute Gasteiger partial charge is 0.465 e. The van der Waals surface area contributed by atoms with E-state index in [0.717, 1.165) is 29.8 Å². The third-order valence-electron chi connectivity index (χ3n) is 3.76. The number of esters is 1. The van der Waals surface area contributed by atoms with Gasteiger partial charge in [-0.15, -0.1) is 0 Å². The van der Waals surface area contributed by atoms with Crippen molar-refractivity contribution in [1.29, 1.82) is 0 Å². The quantitative estimate of drug-likeness (QED) is 0.572. The van der Waals surface area contributed by atoms with E-state index in [-0.39, 0.29) is 11.9 Å². The molecule has 2 aromatic rings. The summed E-state index contributed by atoms with van der Waals surface area (Å²) in [4.78, 5) is 12.4. The highest BCUT2D eigenvalue weighted by atomic mass is 16.5. The van der Waals surface area contributed by atoms with Crippen LogP contribution in [0.25, 0.3) is 0 Å². The summed E-state index contributed by atoms with van der Waals surface area (Å²) in [5, 5.41) is 3.39. The van der Waals surface area contributed by atoms with Crippen LogP contribution in [0.2, 0.25) is 0 Å². The van der Waals surface area contributed by atoms with Gasteiger partial charge in [0.2, 0.25) is 0 Å². The van der Waals surface area contributed by atoms with Crippen molar-refractivity contribution in [2.24, 2.45) is 0 Å². The molecule has 1 atom stereocenters. The maximum Gasteiger partial charge on any atom is 0.317 e. The summed E-state index contributed by atoms with van der Waals surface area (Å²) < 4.78 is 5.27. The van der Waals surface area contributed by atoms with E-state index in [4.69, 9.17) is 4.74 Å². The molecule has 2 rings (SSSR count). The first-order chi connectivity index (χ1) is 11.3. The number of unbranched alkanes of at least 4 members (excludes halogenated alkanes) is 1. The van der Waals surface area contributed by atoms with Crippen LogP contribution in [0.5, 0.6) is 0 Å². The molecule has 0 aliphatic rings. The van der Waals surface area contributed by atoms with E-state index in [1.54, 1.807) is 0 Å². The molecule has 0 fully saturated rings. The number of carbonyl (C=O) groups is 1. The molecule has 0 amide bonds. The van der Waals surface area contributed by atoms with Crippen LogP contribution < -0.4 is 5.32 Å². The van der Waals surface area contributed by atoms with Crippen molar-refractivity contribution in [3.05, 3.63) is 65.7 Å². The zero-order chi connectivity index (χ0) is 16.5. The number of benzene rings is 2. The SMILES string of the molecule is CCCCNc1ccc(C(C(=O)OCC)c2ccccc2)cc1. The van der Waals surface area contributed by atoms with Crippen LogP contribution in [-0.2, 0) is 9.53 Å². The summed E-state index contributed by atoms with van der Waals surface area (Å²) in [7, 11) is 0. The zero-order valence-corrected chi connectivity index (χ0v) is 13.9. The van der Waals surface area contributed by atoms with Crippen molar-refractivity contribution >= 4 is 11.7 Å². The lowest BCUT2D eigenvalue weighted by Crippen LogP contribution is -2.17. The first kappa shape index (κ1) is 17.1. The van der Waals surface area contributed by atoms with E-state index in [1.807, 2.05) is 61.5 Å². The Hall–Kier alpha value is -2.29. The molecule has 1 unspecified atom stereocenters. The summed E-state index contributed by atoms with van der Waals surface area (Å²) in [6.07, 6.45) is 2.32. The number of carbonyl (C=O) groups excluding carboxylic acids is 1. The molecule has 2 aromatic carbocycles. The van der Waals surface area contributed by atoms with Crippen LogP contribution in [-0.4, -0.2) is 19.1 Å².